The zero-order valence-electron chi connectivity index (χ0n) is 14.8. The molecule has 1 aliphatic rings. The first-order valence-corrected chi connectivity index (χ1v) is 8.32. The van der Waals surface area contributed by atoms with Crippen molar-refractivity contribution >= 4 is 5.91 Å². The van der Waals surface area contributed by atoms with Crippen molar-refractivity contribution in [2.75, 3.05) is 26.2 Å². The van der Waals surface area contributed by atoms with E-state index in [4.69, 9.17) is 9.47 Å². The molecule has 1 saturated heterocycles. The van der Waals surface area contributed by atoms with Gasteiger partial charge in [0.2, 0.25) is 0 Å². The average molecular weight is 338 g/mol. The summed E-state index contributed by atoms with van der Waals surface area (Å²) < 4.78 is 23.9. The first-order chi connectivity index (χ1) is 11.3. The molecule has 1 heterocycles. The van der Waals surface area contributed by atoms with Crippen LogP contribution in [-0.4, -0.2) is 54.8 Å². The van der Waals surface area contributed by atoms with E-state index in [9.17, 15) is 9.18 Å². The number of morpholine rings is 1. The normalized spacial score (nSPS) is 22.2. The molecule has 0 aliphatic carbocycles. The smallest absolute Gasteiger partial charge is 0.258 e. The number of carbonyl (C=O) groups excluding carboxylic acids is 1. The van der Waals surface area contributed by atoms with E-state index < -0.39 is 0 Å². The van der Waals surface area contributed by atoms with Crippen LogP contribution in [0.5, 0.6) is 5.75 Å². The van der Waals surface area contributed by atoms with Crippen molar-refractivity contribution in [2.24, 2.45) is 0 Å². The molecule has 0 spiro atoms. The Morgan fingerprint density at radius 1 is 1.29 bits per heavy atom. The highest BCUT2D eigenvalue weighted by molar-refractivity contribution is 5.77. The predicted molar refractivity (Wildman–Crippen MR) is 90.6 cm³/mol. The van der Waals surface area contributed by atoms with E-state index >= 15 is 0 Å². The summed E-state index contributed by atoms with van der Waals surface area (Å²) in [7, 11) is 0. The number of amides is 1. The van der Waals surface area contributed by atoms with Crippen LogP contribution in [0.25, 0.3) is 0 Å². The highest BCUT2D eigenvalue weighted by atomic mass is 19.1. The Kier molecular flexibility index (Phi) is 6.18. The number of benzene rings is 1. The topological polar surface area (TPSA) is 50.8 Å². The van der Waals surface area contributed by atoms with Gasteiger partial charge in [-0.15, -0.1) is 0 Å². The molecule has 1 aromatic rings. The van der Waals surface area contributed by atoms with E-state index in [1.165, 1.54) is 24.3 Å². The molecule has 1 fully saturated rings. The molecular weight excluding hydrogens is 311 g/mol. The van der Waals surface area contributed by atoms with E-state index in [1.807, 2.05) is 0 Å². The number of hydrogen-bond acceptors (Lipinski definition) is 4. The Morgan fingerprint density at radius 3 is 2.46 bits per heavy atom. The number of nitrogens with one attached hydrogen (secondary N) is 1. The van der Waals surface area contributed by atoms with Crippen LogP contribution in [0.2, 0.25) is 0 Å². The van der Waals surface area contributed by atoms with Crippen molar-refractivity contribution in [1.29, 1.82) is 0 Å². The van der Waals surface area contributed by atoms with Crippen LogP contribution in [0.15, 0.2) is 24.3 Å². The molecule has 2 atom stereocenters. The van der Waals surface area contributed by atoms with Crippen molar-refractivity contribution in [1.82, 2.24) is 10.2 Å². The van der Waals surface area contributed by atoms with Crippen molar-refractivity contribution in [3.63, 3.8) is 0 Å². The van der Waals surface area contributed by atoms with E-state index in [-0.39, 0.29) is 36.1 Å². The number of nitrogens with zero attached hydrogens (tertiary/aromatic N) is 1. The number of hydrogen-bond donors (Lipinski definition) is 1. The fourth-order valence-corrected chi connectivity index (χ4v) is 2.83. The molecule has 1 aliphatic heterocycles. The fourth-order valence-electron chi connectivity index (χ4n) is 2.83. The van der Waals surface area contributed by atoms with Gasteiger partial charge in [0, 0.05) is 25.2 Å². The third-order valence-electron chi connectivity index (χ3n) is 4.18. The minimum atomic E-state index is -0.331. The third kappa shape index (κ3) is 5.46. The van der Waals surface area contributed by atoms with Crippen LogP contribution < -0.4 is 10.1 Å². The van der Waals surface area contributed by atoms with Gasteiger partial charge in [-0.25, -0.2) is 4.39 Å². The fraction of sp³-hybridized carbons (Fsp3) is 0.611. The van der Waals surface area contributed by atoms with E-state index in [0.717, 1.165) is 13.1 Å². The van der Waals surface area contributed by atoms with Gasteiger partial charge in [-0.1, -0.05) is 0 Å². The minimum Gasteiger partial charge on any atom is -0.484 e. The number of rotatable bonds is 6. The highest BCUT2D eigenvalue weighted by Crippen LogP contribution is 2.20. The van der Waals surface area contributed by atoms with Crippen LogP contribution >= 0.6 is 0 Å². The molecule has 1 aromatic carbocycles. The van der Waals surface area contributed by atoms with Crippen LogP contribution in [0.1, 0.15) is 27.7 Å². The highest BCUT2D eigenvalue weighted by Gasteiger charge is 2.33. The maximum atomic E-state index is 12.8. The molecule has 0 saturated carbocycles. The summed E-state index contributed by atoms with van der Waals surface area (Å²) in [5.74, 6) is -0.0501. The van der Waals surface area contributed by atoms with Gasteiger partial charge >= 0.3 is 0 Å². The zero-order chi connectivity index (χ0) is 17.7. The second-order valence-corrected chi connectivity index (χ2v) is 6.99. The number of ether oxygens (including phenoxy) is 2. The summed E-state index contributed by atoms with van der Waals surface area (Å²) in [6, 6.07) is 5.61. The second-order valence-electron chi connectivity index (χ2n) is 6.99. The quantitative estimate of drug-likeness (QED) is 0.864. The van der Waals surface area contributed by atoms with Gasteiger partial charge in [0.05, 0.1) is 12.2 Å². The predicted octanol–water partition coefficient (Wildman–Crippen LogP) is 2.21. The largest absolute Gasteiger partial charge is 0.484 e. The van der Waals surface area contributed by atoms with E-state index in [0.29, 0.717) is 12.3 Å². The molecule has 2 unspecified atom stereocenters. The van der Waals surface area contributed by atoms with Crippen LogP contribution in [-0.2, 0) is 9.53 Å². The first kappa shape index (κ1) is 18.7. The molecule has 134 valence electrons. The summed E-state index contributed by atoms with van der Waals surface area (Å²) in [5.41, 5.74) is -0.169. The van der Waals surface area contributed by atoms with Gasteiger partial charge in [-0.3, -0.25) is 9.69 Å². The van der Waals surface area contributed by atoms with Crippen LogP contribution in [0.4, 0.5) is 4.39 Å². The molecule has 24 heavy (non-hydrogen) atoms. The van der Waals surface area contributed by atoms with E-state index in [2.05, 4.69) is 37.9 Å². The van der Waals surface area contributed by atoms with Crippen molar-refractivity contribution in [2.45, 2.75) is 45.4 Å². The van der Waals surface area contributed by atoms with Gasteiger partial charge in [0.15, 0.2) is 6.61 Å². The third-order valence-corrected chi connectivity index (χ3v) is 4.18. The molecule has 2 rings (SSSR count). The van der Waals surface area contributed by atoms with Crippen molar-refractivity contribution in [3.05, 3.63) is 30.1 Å². The molecule has 5 nitrogen and oxygen atoms in total. The van der Waals surface area contributed by atoms with Crippen molar-refractivity contribution < 1.29 is 18.7 Å². The molecular formula is C18H27FN2O3. The van der Waals surface area contributed by atoms with Gasteiger partial charge < -0.3 is 14.8 Å². The van der Waals surface area contributed by atoms with E-state index in [1.54, 1.807) is 0 Å². The first-order valence-electron chi connectivity index (χ1n) is 8.32. The lowest BCUT2D eigenvalue weighted by atomic mass is 10.00. The Bertz CT molecular complexity index is 538. The lowest BCUT2D eigenvalue weighted by molar-refractivity contribution is -0.124. The Morgan fingerprint density at radius 2 is 1.88 bits per heavy atom. The molecule has 0 bridgehead atoms. The second kappa shape index (κ2) is 7.94. The Balaban J connectivity index is 1.78. The molecule has 6 heteroatoms. The summed E-state index contributed by atoms with van der Waals surface area (Å²) in [5, 5.41) is 2.91. The van der Waals surface area contributed by atoms with Gasteiger partial charge in [0.1, 0.15) is 11.6 Å². The van der Waals surface area contributed by atoms with Gasteiger partial charge in [0.25, 0.3) is 5.91 Å². The molecule has 0 radical (unpaired) electrons. The molecule has 1 amide bonds. The average Bonchev–Trinajstić information content (AvgIpc) is 2.51. The summed E-state index contributed by atoms with van der Waals surface area (Å²) in [4.78, 5) is 14.3. The molecule has 0 aromatic heterocycles. The SMILES string of the molecule is CC1CN(C(C)(C)CNC(=O)COc2ccc(F)cc2)CC(C)O1. The van der Waals surface area contributed by atoms with Gasteiger partial charge in [-0.05, 0) is 52.0 Å². The molecule has 1 N–H and O–H groups in total. The lowest BCUT2D eigenvalue weighted by Gasteiger charge is -2.45. The lowest BCUT2D eigenvalue weighted by Crippen LogP contribution is -2.58. The zero-order valence-corrected chi connectivity index (χ0v) is 14.8. The number of halogens is 1. The monoisotopic (exact) mass is 338 g/mol. The standard InChI is InChI=1S/C18H27FN2O3/c1-13-9-21(10-14(2)24-13)18(3,4)12-20-17(22)11-23-16-7-5-15(19)6-8-16/h5-8,13-14H,9-12H2,1-4H3,(H,20,22). The number of carbonyl (C=O) groups is 1. The van der Waals surface area contributed by atoms with Crippen molar-refractivity contribution in [3.8, 4) is 5.75 Å². The maximum Gasteiger partial charge on any atom is 0.258 e. The van der Waals surface area contributed by atoms with Crippen LogP contribution in [0.3, 0.4) is 0 Å². The summed E-state index contributed by atoms with van der Waals surface area (Å²) in [6.07, 6.45) is 0.371. The Labute approximate surface area is 143 Å². The van der Waals surface area contributed by atoms with Crippen LogP contribution in [0, 0.1) is 5.82 Å². The maximum absolute atomic E-state index is 12.8. The minimum absolute atomic E-state index is 0.0857. The summed E-state index contributed by atoms with van der Waals surface area (Å²) >= 11 is 0. The Hall–Kier alpha value is -1.66. The van der Waals surface area contributed by atoms with Gasteiger partial charge in [-0.2, -0.15) is 0 Å². The summed E-state index contributed by atoms with van der Waals surface area (Å²) in [6.45, 7) is 10.5.